The fourth-order valence-electron chi connectivity index (χ4n) is 2.40. The van der Waals surface area contributed by atoms with Gasteiger partial charge in [0.2, 0.25) is 5.91 Å². The minimum absolute atomic E-state index is 0.125. The Morgan fingerprint density at radius 1 is 1.08 bits per heavy atom. The van der Waals surface area contributed by atoms with Crippen LogP contribution in [0.2, 0.25) is 0 Å². The molecule has 206 valence electrons. The van der Waals surface area contributed by atoms with Crippen molar-refractivity contribution in [2.75, 3.05) is 0 Å². The van der Waals surface area contributed by atoms with Crippen molar-refractivity contribution in [3.63, 3.8) is 0 Å². The molecule has 2 aromatic rings. The van der Waals surface area contributed by atoms with Gasteiger partial charge < -0.3 is 31.1 Å². The first-order valence-corrected chi connectivity index (χ1v) is 10.8. The van der Waals surface area contributed by atoms with E-state index < -0.39 is 54.2 Å². The summed E-state index contributed by atoms with van der Waals surface area (Å²) in [6.07, 6.45) is -5.79. The van der Waals surface area contributed by atoms with Crippen LogP contribution in [0, 0.1) is 11.2 Å². The van der Waals surface area contributed by atoms with E-state index >= 15 is 0 Å². The first kappa shape index (κ1) is 31.5. The molecule has 38 heavy (non-hydrogen) atoms. The molecule has 1 atom stereocenters. The smallest absolute Gasteiger partial charge is 0.481 e. The Labute approximate surface area is 214 Å². The number of carboxylic acids is 3. The van der Waals surface area contributed by atoms with E-state index in [1.807, 2.05) is 0 Å². The van der Waals surface area contributed by atoms with Crippen LogP contribution >= 0.6 is 11.3 Å². The number of nitrogens with two attached hydrogens (primary N) is 1. The third-order valence-corrected chi connectivity index (χ3v) is 5.29. The fraction of sp³-hybridized carbons (Fsp3) is 0.238. The second-order valence-corrected chi connectivity index (χ2v) is 8.24. The molecule has 0 saturated heterocycles. The normalized spacial score (nSPS) is 11.4. The maximum atomic E-state index is 14.0. The van der Waals surface area contributed by atoms with Crippen LogP contribution in [-0.2, 0) is 25.6 Å². The Bertz CT molecular complexity index is 1230. The quantitative estimate of drug-likeness (QED) is 0.0809. The Balaban J connectivity index is 0.000000905. The molecule has 17 heteroatoms. The van der Waals surface area contributed by atoms with E-state index in [1.54, 1.807) is 6.07 Å². The molecule has 0 aliphatic carbocycles. The predicted molar refractivity (Wildman–Crippen MR) is 121 cm³/mol. The van der Waals surface area contributed by atoms with Crippen LogP contribution in [0.1, 0.15) is 33.0 Å². The monoisotopic (exact) mass is 565 g/mol. The van der Waals surface area contributed by atoms with Crippen molar-refractivity contribution in [3.8, 4) is 5.75 Å². The van der Waals surface area contributed by atoms with Gasteiger partial charge in [-0.15, -0.1) is 11.3 Å². The molecule has 0 saturated carbocycles. The van der Waals surface area contributed by atoms with Crippen molar-refractivity contribution in [2.24, 2.45) is 5.73 Å². The van der Waals surface area contributed by atoms with Gasteiger partial charge in [0.25, 0.3) is 0 Å². The van der Waals surface area contributed by atoms with Crippen LogP contribution in [-0.4, -0.2) is 63.2 Å². The van der Waals surface area contributed by atoms with Crippen LogP contribution in [0.4, 0.5) is 17.6 Å². The number of carbonyl (C=O) groups excluding carboxylic acids is 2. The highest BCUT2D eigenvalue weighted by Gasteiger charge is 2.38. The second kappa shape index (κ2) is 13.7. The van der Waals surface area contributed by atoms with Crippen LogP contribution in [0.25, 0.3) is 0 Å². The lowest BCUT2D eigenvalue weighted by atomic mass is 10.2. The number of carbonyl (C=O) groups is 5. The number of halogens is 4. The van der Waals surface area contributed by atoms with Crippen LogP contribution in [0.15, 0.2) is 30.3 Å². The lowest BCUT2D eigenvalue weighted by molar-refractivity contribution is -0.192. The topological polar surface area (TPSA) is 217 Å². The summed E-state index contributed by atoms with van der Waals surface area (Å²) in [5, 5.41) is 34.1. The molecule has 2 rings (SSSR count). The number of alkyl halides is 3. The largest absolute Gasteiger partial charge is 0.490 e. The van der Waals surface area contributed by atoms with E-state index in [0.29, 0.717) is 4.88 Å². The fourth-order valence-corrected chi connectivity index (χ4v) is 3.28. The maximum Gasteiger partial charge on any atom is 0.490 e. The summed E-state index contributed by atoms with van der Waals surface area (Å²) < 4.78 is 50.7. The standard InChI is InChI=1S/C19H18FN3O7S.C2HF3O2/c20-11-7-9(17(21)22)1-4-13(11)30-19(29)14-5-2-10(31-14)3-6-15(24)23-12(18(27)28)8-16(25)26;3-2(4,5)1(6)7/h1-2,4-5,7,12H,3,6,8H2,(H3,21,22)(H,23,24)(H,25,26)(H,27,28);(H,6,7)/t12-;/m1./s1. The molecule has 1 heterocycles. The summed E-state index contributed by atoms with van der Waals surface area (Å²) in [7, 11) is 0. The van der Waals surface area contributed by atoms with Gasteiger partial charge in [-0.2, -0.15) is 13.2 Å². The minimum atomic E-state index is -5.08. The molecule has 0 bridgehead atoms. The zero-order chi connectivity index (χ0) is 29.2. The molecule has 0 aliphatic rings. The SMILES string of the molecule is N=C(N)c1ccc(OC(=O)c2ccc(CCC(=O)N[C@H](CC(=O)O)C(=O)O)s2)c(F)c1.O=C(O)C(F)(F)F. The number of hydrogen-bond donors (Lipinski definition) is 6. The Hall–Kier alpha value is -4.54. The molecular weight excluding hydrogens is 546 g/mol. The number of thiophene rings is 1. The summed E-state index contributed by atoms with van der Waals surface area (Å²) in [5.41, 5.74) is 5.41. The van der Waals surface area contributed by atoms with Gasteiger partial charge in [-0.25, -0.2) is 18.8 Å². The average Bonchev–Trinajstić information content (AvgIpc) is 3.27. The third-order valence-electron chi connectivity index (χ3n) is 4.16. The number of rotatable bonds is 10. The summed E-state index contributed by atoms with van der Waals surface area (Å²) in [6.45, 7) is 0. The van der Waals surface area contributed by atoms with Crippen molar-refractivity contribution in [1.29, 1.82) is 5.41 Å². The minimum Gasteiger partial charge on any atom is -0.481 e. The van der Waals surface area contributed by atoms with E-state index in [4.69, 9.17) is 36.0 Å². The van der Waals surface area contributed by atoms with Gasteiger partial charge in [0, 0.05) is 16.9 Å². The highest BCUT2D eigenvalue weighted by atomic mass is 32.1. The molecule has 0 radical (unpaired) electrons. The van der Waals surface area contributed by atoms with E-state index in [2.05, 4.69) is 5.32 Å². The Morgan fingerprint density at radius 2 is 1.68 bits per heavy atom. The molecule has 12 nitrogen and oxygen atoms in total. The third kappa shape index (κ3) is 10.6. The second-order valence-electron chi connectivity index (χ2n) is 7.07. The molecule has 0 spiro atoms. The first-order valence-electron chi connectivity index (χ1n) is 10.00. The number of hydrogen-bond acceptors (Lipinski definition) is 8. The number of amides is 1. The molecule has 1 aromatic heterocycles. The first-order chi connectivity index (χ1) is 17.5. The number of esters is 1. The van der Waals surface area contributed by atoms with Gasteiger partial charge in [0.05, 0.1) is 6.42 Å². The number of aliphatic carboxylic acids is 3. The van der Waals surface area contributed by atoms with Crippen molar-refractivity contribution in [2.45, 2.75) is 31.5 Å². The van der Waals surface area contributed by atoms with Crippen LogP contribution in [0.5, 0.6) is 5.75 Å². The molecule has 0 unspecified atom stereocenters. The Kier molecular flexibility index (Phi) is 11.3. The van der Waals surface area contributed by atoms with Gasteiger partial charge in [0.15, 0.2) is 11.6 Å². The molecular formula is C21H19F4N3O9S. The van der Waals surface area contributed by atoms with Gasteiger partial charge in [0.1, 0.15) is 16.8 Å². The van der Waals surface area contributed by atoms with Gasteiger partial charge in [-0.05, 0) is 36.8 Å². The van der Waals surface area contributed by atoms with Crippen molar-refractivity contribution >= 4 is 47.0 Å². The number of amidine groups is 1. The predicted octanol–water partition coefficient (Wildman–Crippen LogP) is 2.00. The number of ether oxygens (including phenoxy) is 1. The van der Waals surface area contributed by atoms with E-state index in [1.165, 1.54) is 18.2 Å². The number of aryl methyl sites for hydroxylation is 1. The lowest BCUT2D eigenvalue weighted by Crippen LogP contribution is -2.42. The van der Waals surface area contributed by atoms with Gasteiger partial charge in [-0.3, -0.25) is 15.0 Å². The Morgan fingerprint density at radius 3 is 2.16 bits per heavy atom. The molecule has 0 fully saturated rings. The summed E-state index contributed by atoms with van der Waals surface area (Å²) in [6, 6.07) is 4.95. The zero-order valence-corrected chi connectivity index (χ0v) is 19.7. The number of carboxylic acid groups (broad SMARTS) is 3. The molecule has 7 N–H and O–H groups in total. The van der Waals surface area contributed by atoms with Gasteiger partial charge in [-0.1, -0.05) is 0 Å². The number of nitrogen functional groups attached to an aromatic ring is 1. The number of nitrogens with one attached hydrogen (secondary N) is 2. The van der Waals surface area contributed by atoms with Gasteiger partial charge >= 0.3 is 30.1 Å². The van der Waals surface area contributed by atoms with E-state index in [-0.39, 0.29) is 34.9 Å². The highest BCUT2D eigenvalue weighted by molar-refractivity contribution is 7.13. The molecule has 1 amide bonds. The lowest BCUT2D eigenvalue weighted by Gasteiger charge is -2.11. The summed E-state index contributed by atoms with van der Waals surface area (Å²) in [5.74, 6) is -8.57. The zero-order valence-electron chi connectivity index (χ0n) is 18.9. The van der Waals surface area contributed by atoms with Crippen LogP contribution in [0.3, 0.4) is 0 Å². The highest BCUT2D eigenvalue weighted by Crippen LogP contribution is 2.23. The van der Waals surface area contributed by atoms with E-state index in [9.17, 15) is 36.7 Å². The van der Waals surface area contributed by atoms with Crippen LogP contribution < -0.4 is 15.8 Å². The average molecular weight is 565 g/mol. The van der Waals surface area contributed by atoms with E-state index in [0.717, 1.165) is 17.4 Å². The summed E-state index contributed by atoms with van der Waals surface area (Å²) >= 11 is 1.01. The van der Waals surface area contributed by atoms with Crippen molar-refractivity contribution < 1.29 is 61.6 Å². The van der Waals surface area contributed by atoms with Crippen molar-refractivity contribution in [1.82, 2.24) is 5.32 Å². The molecule has 0 aliphatic heterocycles. The summed E-state index contributed by atoms with van der Waals surface area (Å²) in [4.78, 5) is 55.4. The number of benzene rings is 1. The maximum absolute atomic E-state index is 14.0. The van der Waals surface area contributed by atoms with Crippen molar-refractivity contribution in [3.05, 3.63) is 51.5 Å². The molecule has 1 aromatic carbocycles.